The molecule has 1 aromatic carbocycles. The molecule has 1 aliphatic rings. The molecule has 1 unspecified atom stereocenters. The third kappa shape index (κ3) is 7.93. The third-order valence-electron chi connectivity index (χ3n) is 5.57. The Morgan fingerprint density at radius 2 is 1.70 bits per heavy atom. The Hall–Kier alpha value is -2.13. The Morgan fingerprint density at radius 3 is 2.38 bits per heavy atom. The van der Waals surface area contributed by atoms with Crippen molar-refractivity contribution >= 4 is 14.1 Å². The lowest BCUT2D eigenvalue weighted by atomic mass is 10.1. The summed E-state index contributed by atoms with van der Waals surface area (Å²) in [7, 11) is -1.61. The molecule has 1 aliphatic heterocycles. The lowest BCUT2D eigenvalue weighted by molar-refractivity contribution is -0.0221. The predicted octanol–water partition coefficient (Wildman–Crippen LogP) is 5.88. The van der Waals surface area contributed by atoms with Crippen molar-refractivity contribution in [1.29, 1.82) is 5.41 Å². The maximum Gasteiger partial charge on any atom is 0.335 e. The van der Waals surface area contributed by atoms with Gasteiger partial charge in [0.25, 0.3) is 0 Å². The summed E-state index contributed by atoms with van der Waals surface area (Å²) in [5.74, 6) is 0. The van der Waals surface area contributed by atoms with Crippen LogP contribution in [-0.2, 0) is 36.4 Å². The third-order valence-corrected chi connectivity index (χ3v) is 7.29. The molecule has 9 nitrogen and oxygen atoms in total. The second-order valence-electron chi connectivity index (χ2n) is 11.2. The minimum absolute atomic E-state index is 0.0432. The van der Waals surface area contributed by atoms with E-state index in [-0.39, 0.29) is 18.9 Å². The van der Waals surface area contributed by atoms with Crippen LogP contribution in [0.5, 0.6) is 0 Å². The van der Waals surface area contributed by atoms with Gasteiger partial charge in [-0.05, 0) is 72.1 Å². The molecule has 37 heavy (non-hydrogen) atoms. The van der Waals surface area contributed by atoms with Gasteiger partial charge in [-0.25, -0.2) is 4.52 Å². The zero-order valence-corrected chi connectivity index (χ0v) is 23.5. The molecule has 1 N–H and O–H groups in total. The van der Waals surface area contributed by atoms with E-state index in [2.05, 4.69) is 17.2 Å². The molecule has 1 fully saturated rings. The number of fused-ring (bicyclic) bond motifs is 1. The maximum absolute atomic E-state index is 8.73. The van der Waals surface area contributed by atoms with E-state index in [4.69, 9.17) is 28.5 Å². The number of aromatic nitrogens is 3. The van der Waals surface area contributed by atoms with Crippen LogP contribution in [0, 0.1) is 5.41 Å². The van der Waals surface area contributed by atoms with E-state index >= 15 is 0 Å². The van der Waals surface area contributed by atoms with Gasteiger partial charge in [0.15, 0.2) is 5.49 Å². The van der Waals surface area contributed by atoms with Gasteiger partial charge in [-0.15, -0.1) is 0 Å². The van der Waals surface area contributed by atoms with E-state index in [0.717, 1.165) is 24.1 Å². The van der Waals surface area contributed by atoms with Gasteiger partial charge in [-0.1, -0.05) is 30.3 Å². The van der Waals surface area contributed by atoms with E-state index in [9.17, 15) is 0 Å². The molecule has 0 bridgehead atoms. The molecule has 0 spiro atoms. The highest BCUT2D eigenvalue weighted by Crippen LogP contribution is 2.47. The summed E-state index contributed by atoms with van der Waals surface area (Å²) in [5, 5.41) is 13.3. The zero-order chi connectivity index (χ0) is 26.6. The topological polar surface area (TPSA) is 92.2 Å². The summed E-state index contributed by atoms with van der Waals surface area (Å²) < 4.78 is 33.6. The van der Waals surface area contributed by atoms with Crippen molar-refractivity contribution in [1.82, 2.24) is 14.2 Å². The highest BCUT2D eigenvalue weighted by molar-refractivity contribution is 7.41. The number of nitrogens with zero attached hydrogens (tertiary/aromatic N) is 3. The first-order chi connectivity index (χ1) is 17.5. The number of nitrogens with one attached hydrogen (secondary N) is 1. The van der Waals surface area contributed by atoms with Crippen molar-refractivity contribution in [3.05, 3.63) is 65.5 Å². The minimum atomic E-state index is -1.61. The monoisotopic (exact) mass is 530 g/mol. The van der Waals surface area contributed by atoms with Gasteiger partial charge in [0.2, 0.25) is 0 Å². The summed E-state index contributed by atoms with van der Waals surface area (Å²) in [6.07, 6.45) is 3.38. The lowest BCUT2D eigenvalue weighted by Gasteiger charge is -2.30. The normalized spacial score (nSPS) is 18.8. The molecule has 2 aromatic heterocycles. The predicted molar refractivity (Wildman–Crippen MR) is 142 cm³/mol. The first kappa shape index (κ1) is 27.9. The van der Waals surface area contributed by atoms with Crippen LogP contribution in [0.25, 0.3) is 5.52 Å². The molecule has 0 aliphatic carbocycles. The Balaban J connectivity index is 1.38. The second kappa shape index (κ2) is 11.7. The fourth-order valence-corrected chi connectivity index (χ4v) is 5.23. The minimum Gasteiger partial charge on any atom is -0.374 e. The van der Waals surface area contributed by atoms with E-state index in [0.29, 0.717) is 24.2 Å². The molecule has 4 rings (SSSR count). The van der Waals surface area contributed by atoms with Crippen LogP contribution in [0.3, 0.4) is 0 Å². The maximum atomic E-state index is 8.73. The van der Waals surface area contributed by atoms with Crippen molar-refractivity contribution in [2.75, 3.05) is 6.61 Å². The number of ether oxygens (including phenoxy) is 2. The highest BCUT2D eigenvalue weighted by atomic mass is 31.2. The van der Waals surface area contributed by atoms with Crippen molar-refractivity contribution < 1.29 is 23.0 Å². The molecule has 3 aromatic rings. The zero-order valence-electron chi connectivity index (χ0n) is 22.6. The number of hydrogen-bond donors (Lipinski definition) is 1. The molecule has 0 saturated carbocycles. The van der Waals surface area contributed by atoms with Crippen LogP contribution in [0.2, 0.25) is 0 Å². The van der Waals surface area contributed by atoms with Crippen LogP contribution >= 0.6 is 8.60 Å². The van der Waals surface area contributed by atoms with Crippen molar-refractivity contribution in [3.63, 3.8) is 0 Å². The quantitative estimate of drug-likeness (QED) is 0.329. The average molecular weight is 531 g/mol. The van der Waals surface area contributed by atoms with Crippen molar-refractivity contribution in [3.8, 4) is 0 Å². The molecule has 1 saturated heterocycles. The smallest absolute Gasteiger partial charge is 0.335 e. The van der Waals surface area contributed by atoms with Gasteiger partial charge < -0.3 is 18.5 Å². The SMILES string of the molecule is CC(C)(C)OP(OCn1cnn2c([C@H]3CCC(COCc4ccccc4)O3)ccc2c1=N)OC(C)(C)C. The summed E-state index contributed by atoms with van der Waals surface area (Å²) in [4.78, 5) is 0. The standard InChI is InChI=1S/C27H39N4O5P/c1-26(2,3)35-37(36-27(4,5)6)33-19-30-18-29-31-22(13-14-23(31)25(30)28)24-15-12-21(34-24)17-32-16-20-10-8-7-9-11-20/h7-11,13-14,18,21,24,28H,12,15-17,19H2,1-6H3/t21?,24-/m1/s1. The fourth-order valence-electron chi connectivity index (χ4n) is 3.97. The van der Waals surface area contributed by atoms with Crippen LogP contribution in [0.1, 0.15) is 71.7 Å². The van der Waals surface area contributed by atoms with Gasteiger partial charge >= 0.3 is 8.60 Å². The summed E-state index contributed by atoms with van der Waals surface area (Å²) in [6, 6.07) is 14.0. The summed E-state index contributed by atoms with van der Waals surface area (Å²) in [5.41, 5.74) is 2.24. The Morgan fingerprint density at radius 1 is 1.00 bits per heavy atom. The van der Waals surface area contributed by atoms with Crippen molar-refractivity contribution in [2.45, 2.75) is 91.1 Å². The van der Waals surface area contributed by atoms with Gasteiger partial charge in [-0.3, -0.25) is 14.5 Å². The second-order valence-corrected chi connectivity index (χ2v) is 12.3. The van der Waals surface area contributed by atoms with E-state index in [1.54, 1.807) is 15.4 Å². The highest BCUT2D eigenvalue weighted by Gasteiger charge is 2.30. The first-order valence-electron chi connectivity index (χ1n) is 12.7. The Kier molecular flexibility index (Phi) is 8.84. The molecule has 0 radical (unpaired) electrons. The number of benzene rings is 1. The summed E-state index contributed by atoms with van der Waals surface area (Å²) >= 11 is 0. The lowest BCUT2D eigenvalue weighted by Crippen LogP contribution is -2.26. The molecule has 202 valence electrons. The number of hydrogen-bond acceptors (Lipinski definition) is 7. The Bertz CT molecular complexity index is 1200. The van der Waals surface area contributed by atoms with Crippen LogP contribution in [-0.4, -0.2) is 38.1 Å². The Labute approximate surface area is 220 Å². The first-order valence-corrected chi connectivity index (χ1v) is 13.8. The molecule has 10 heteroatoms. The van der Waals surface area contributed by atoms with E-state index in [1.165, 1.54) is 0 Å². The van der Waals surface area contributed by atoms with Crippen molar-refractivity contribution in [2.24, 2.45) is 0 Å². The van der Waals surface area contributed by atoms with Crippen LogP contribution in [0.4, 0.5) is 0 Å². The molecular formula is C27H39N4O5P. The van der Waals surface area contributed by atoms with Crippen LogP contribution in [0.15, 0.2) is 48.8 Å². The average Bonchev–Trinajstić information content (AvgIpc) is 3.44. The largest absolute Gasteiger partial charge is 0.374 e. The van der Waals surface area contributed by atoms with E-state index in [1.807, 2.05) is 71.9 Å². The fraction of sp³-hybridized carbons (Fsp3) is 0.556. The van der Waals surface area contributed by atoms with Gasteiger partial charge in [0.05, 0.1) is 36.2 Å². The molecule has 3 heterocycles. The summed E-state index contributed by atoms with van der Waals surface area (Å²) in [6.45, 7) is 13.0. The van der Waals surface area contributed by atoms with Gasteiger partial charge in [0, 0.05) is 0 Å². The van der Waals surface area contributed by atoms with Gasteiger partial charge in [0.1, 0.15) is 24.7 Å². The van der Waals surface area contributed by atoms with Crippen LogP contribution < -0.4 is 5.49 Å². The van der Waals surface area contributed by atoms with Gasteiger partial charge in [-0.2, -0.15) is 5.10 Å². The molecule has 0 amide bonds. The molecular weight excluding hydrogens is 491 g/mol. The van der Waals surface area contributed by atoms with E-state index < -0.39 is 19.8 Å². The number of rotatable bonds is 10. The molecule has 2 atom stereocenters.